The van der Waals surface area contributed by atoms with Crippen LogP contribution < -0.4 is 5.32 Å². The van der Waals surface area contributed by atoms with Gasteiger partial charge in [-0.15, -0.1) is 11.8 Å². The molecular formula is C21H22F2N2O3S. The summed E-state index contributed by atoms with van der Waals surface area (Å²) in [5, 5.41) is 3.75. The Morgan fingerprint density at radius 2 is 2.03 bits per heavy atom. The van der Waals surface area contributed by atoms with Crippen molar-refractivity contribution in [2.45, 2.75) is 37.8 Å². The van der Waals surface area contributed by atoms with Crippen molar-refractivity contribution >= 4 is 28.7 Å². The zero-order valence-electron chi connectivity index (χ0n) is 16.0. The van der Waals surface area contributed by atoms with E-state index in [4.69, 9.17) is 4.74 Å². The third-order valence-electron chi connectivity index (χ3n) is 4.55. The predicted molar refractivity (Wildman–Crippen MR) is 109 cm³/mol. The van der Waals surface area contributed by atoms with Crippen molar-refractivity contribution in [1.29, 1.82) is 0 Å². The number of esters is 1. The van der Waals surface area contributed by atoms with E-state index in [1.807, 2.05) is 24.3 Å². The highest BCUT2D eigenvalue weighted by Gasteiger charge is 2.34. The van der Waals surface area contributed by atoms with Gasteiger partial charge < -0.3 is 10.1 Å². The first-order valence-electron chi connectivity index (χ1n) is 9.35. The van der Waals surface area contributed by atoms with Gasteiger partial charge in [0, 0.05) is 18.2 Å². The van der Waals surface area contributed by atoms with Crippen LogP contribution in [0.4, 0.5) is 8.78 Å². The molecule has 29 heavy (non-hydrogen) atoms. The van der Waals surface area contributed by atoms with Gasteiger partial charge in [-0.25, -0.2) is 13.6 Å². The van der Waals surface area contributed by atoms with Crippen molar-refractivity contribution < 1.29 is 23.1 Å². The van der Waals surface area contributed by atoms with Crippen LogP contribution in [0.3, 0.4) is 0 Å². The van der Waals surface area contributed by atoms with Crippen molar-refractivity contribution in [3.8, 4) is 0 Å². The van der Waals surface area contributed by atoms with E-state index in [1.165, 1.54) is 11.8 Å². The molecule has 1 aliphatic carbocycles. The van der Waals surface area contributed by atoms with Crippen molar-refractivity contribution in [3.05, 3.63) is 59.7 Å². The fourth-order valence-corrected chi connectivity index (χ4v) is 4.42. The Kier molecular flexibility index (Phi) is 6.84. The number of hydrogen-bond acceptors (Lipinski definition) is 5. The lowest BCUT2D eigenvalue weighted by atomic mass is 9.87. The zero-order valence-corrected chi connectivity index (χ0v) is 16.8. The van der Waals surface area contributed by atoms with Gasteiger partial charge in [-0.1, -0.05) is 24.3 Å². The van der Waals surface area contributed by atoms with E-state index in [0.717, 1.165) is 23.2 Å². The van der Waals surface area contributed by atoms with Crippen LogP contribution in [-0.2, 0) is 20.7 Å². The number of rotatable bonds is 7. The smallest absolute Gasteiger partial charge is 0.331 e. The molecule has 0 spiro atoms. The Hall–Kier alpha value is -2.48. The van der Waals surface area contributed by atoms with E-state index in [-0.39, 0.29) is 23.9 Å². The Balaban J connectivity index is 1.70. The van der Waals surface area contributed by atoms with Gasteiger partial charge in [0.2, 0.25) is 5.91 Å². The van der Waals surface area contributed by atoms with E-state index in [2.05, 4.69) is 10.3 Å². The number of benzene rings is 1. The van der Waals surface area contributed by atoms with E-state index < -0.39 is 23.2 Å². The Morgan fingerprint density at radius 3 is 2.69 bits per heavy atom. The summed E-state index contributed by atoms with van der Waals surface area (Å²) < 4.78 is 31.8. The van der Waals surface area contributed by atoms with E-state index in [1.54, 1.807) is 6.92 Å². The Morgan fingerprint density at radius 1 is 1.28 bits per heavy atom. The first-order chi connectivity index (χ1) is 13.9. The van der Waals surface area contributed by atoms with Gasteiger partial charge in [0.25, 0.3) is 0 Å². The number of carbonyl (C=O) groups is 2. The number of ether oxygens (including phenoxy) is 1. The Bertz CT molecular complexity index is 864. The number of amides is 1. The SMILES string of the molecule is CCOC(=O)C1CSC(CC2(NC(=O)Cc3cc(F)cc(F)c3)C=CC=CC2)=N1. The average Bonchev–Trinajstić information content (AvgIpc) is 3.09. The van der Waals surface area contributed by atoms with Crippen molar-refractivity contribution in [3.63, 3.8) is 0 Å². The molecule has 8 heteroatoms. The highest BCUT2D eigenvalue weighted by Crippen LogP contribution is 2.30. The summed E-state index contributed by atoms with van der Waals surface area (Å²) >= 11 is 1.47. The highest BCUT2D eigenvalue weighted by molar-refractivity contribution is 8.14. The quantitative estimate of drug-likeness (QED) is 0.687. The number of hydrogen-bond donors (Lipinski definition) is 1. The second-order valence-electron chi connectivity index (χ2n) is 6.93. The second kappa shape index (κ2) is 9.35. The molecule has 2 atom stereocenters. The van der Waals surface area contributed by atoms with Gasteiger partial charge in [0.15, 0.2) is 6.04 Å². The molecule has 0 radical (unpaired) electrons. The van der Waals surface area contributed by atoms with Gasteiger partial charge in [-0.05, 0) is 31.0 Å². The summed E-state index contributed by atoms with van der Waals surface area (Å²) in [6.45, 7) is 2.05. The van der Waals surface area contributed by atoms with Gasteiger partial charge >= 0.3 is 5.97 Å². The molecule has 154 valence electrons. The van der Waals surface area contributed by atoms with Crippen molar-refractivity contribution in [2.24, 2.45) is 4.99 Å². The van der Waals surface area contributed by atoms with Gasteiger partial charge in [-0.3, -0.25) is 9.79 Å². The summed E-state index contributed by atoms with van der Waals surface area (Å²) in [6.07, 6.45) is 8.39. The average molecular weight is 420 g/mol. The molecule has 1 aromatic carbocycles. The predicted octanol–water partition coefficient (Wildman–Crippen LogP) is 3.35. The van der Waals surface area contributed by atoms with Crippen LogP contribution in [0, 0.1) is 11.6 Å². The van der Waals surface area contributed by atoms with Crippen LogP contribution in [0.1, 0.15) is 25.3 Å². The van der Waals surface area contributed by atoms with Crippen LogP contribution in [0.2, 0.25) is 0 Å². The topological polar surface area (TPSA) is 67.8 Å². The van der Waals surface area contributed by atoms with Gasteiger partial charge in [0.05, 0.1) is 23.6 Å². The van der Waals surface area contributed by atoms with Crippen LogP contribution in [0.15, 0.2) is 47.5 Å². The minimum absolute atomic E-state index is 0.140. The van der Waals surface area contributed by atoms with Crippen molar-refractivity contribution in [1.82, 2.24) is 5.32 Å². The van der Waals surface area contributed by atoms with E-state index >= 15 is 0 Å². The molecule has 0 saturated heterocycles. The molecule has 2 unspecified atom stereocenters. The summed E-state index contributed by atoms with van der Waals surface area (Å²) in [7, 11) is 0. The lowest BCUT2D eigenvalue weighted by Crippen LogP contribution is -2.49. The minimum Gasteiger partial charge on any atom is -0.464 e. The largest absolute Gasteiger partial charge is 0.464 e. The summed E-state index contributed by atoms with van der Waals surface area (Å²) in [4.78, 5) is 29.0. The van der Waals surface area contributed by atoms with Crippen molar-refractivity contribution in [2.75, 3.05) is 12.4 Å². The van der Waals surface area contributed by atoms with E-state index in [0.29, 0.717) is 25.2 Å². The molecule has 0 fully saturated rings. The maximum absolute atomic E-state index is 13.4. The van der Waals surface area contributed by atoms with Crippen LogP contribution in [0.25, 0.3) is 0 Å². The fourth-order valence-electron chi connectivity index (χ4n) is 3.30. The molecule has 2 aliphatic rings. The molecular weight excluding hydrogens is 398 g/mol. The molecule has 0 aromatic heterocycles. The first-order valence-corrected chi connectivity index (χ1v) is 10.3. The summed E-state index contributed by atoms with van der Waals surface area (Å²) in [6, 6.07) is 2.54. The number of nitrogens with zero attached hydrogens (tertiary/aromatic N) is 1. The molecule has 5 nitrogen and oxygen atoms in total. The number of halogens is 2. The lowest BCUT2D eigenvalue weighted by molar-refractivity contribution is -0.143. The molecule has 0 bridgehead atoms. The minimum atomic E-state index is -0.718. The standard InChI is InChI=1S/C21H22F2N2O3S/c1-2-28-20(27)17-13-29-19(24-17)12-21(6-4-3-5-7-21)25-18(26)10-14-8-15(22)11-16(23)9-14/h3-6,8-9,11,17H,2,7,10,12-13H2,1H3,(H,25,26). The molecule has 1 N–H and O–H groups in total. The molecule has 3 rings (SSSR count). The third-order valence-corrected chi connectivity index (χ3v) is 5.62. The molecule has 1 heterocycles. The van der Waals surface area contributed by atoms with Gasteiger partial charge in [-0.2, -0.15) is 0 Å². The number of allylic oxidation sites excluding steroid dienone is 2. The monoisotopic (exact) mass is 420 g/mol. The lowest BCUT2D eigenvalue weighted by Gasteiger charge is -2.32. The van der Waals surface area contributed by atoms with E-state index in [9.17, 15) is 18.4 Å². The summed E-state index contributed by atoms with van der Waals surface area (Å²) in [5.41, 5.74) is -0.437. The maximum Gasteiger partial charge on any atom is 0.331 e. The molecule has 0 saturated carbocycles. The van der Waals surface area contributed by atoms with Crippen LogP contribution >= 0.6 is 11.8 Å². The first kappa shape index (κ1) is 21.2. The second-order valence-corrected chi connectivity index (χ2v) is 8.02. The number of aliphatic imine (C=N–C) groups is 1. The molecule has 1 aromatic rings. The third kappa shape index (κ3) is 5.76. The maximum atomic E-state index is 13.4. The summed E-state index contributed by atoms with van der Waals surface area (Å²) in [5.74, 6) is -1.62. The van der Waals surface area contributed by atoms with Crippen LogP contribution in [0.5, 0.6) is 0 Å². The number of nitrogens with one attached hydrogen (secondary N) is 1. The Labute approximate surface area is 172 Å². The zero-order chi connectivity index (χ0) is 20.9. The molecule has 1 amide bonds. The number of carbonyl (C=O) groups excluding carboxylic acids is 2. The highest BCUT2D eigenvalue weighted by atomic mass is 32.2. The van der Waals surface area contributed by atoms with Gasteiger partial charge in [0.1, 0.15) is 11.6 Å². The normalized spacial score (nSPS) is 23.0. The van der Waals surface area contributed by atoms with Crippen LogP contribution in [-0.4, -0.2) is 40.9 Å². The fraction of sp³-hybridized carbons (Fsp3) is 0.381. The number of thioether (sulfide) groups is 1. The molecule has 1 aliphatic heterocycles.